The van der Waals surface area contributed by atoms with Crippen molar-refractivity contribution in [3.05, 3.63) is 28.8 Å². The maximum atomic E-state index is 12.6. The topological polar surface area (TPSA) is 50.4 Å². The van der Waals surface area contributed by atoms with Gasteiger partial charge < -0.3 is 15.4 Å². The lowest BCUT2D eigenvalue weighted by atomic mass is 9.76. The molecule has 1 amide bonds. The van der Waals surface area contributed by atoms with Crippen molar-refractivity contribution in [1.29, 1.82) is 0 Å². The molecule has 1 fully saturated rings. The van der Waals surface area contributed by atoms with Gasteiger partial charge in [-0.2, -0.15) is 0 Å². The van der Waals surface area contributed by atoms with E-state index in [4.69, 9.17) is 16.3 Å². The number of nitrogens with one attached hydrogen (secondary N) is 2. The maximum absolute atomic E-state index is 12.6. The monoisotopic (exact) mass is 310 g/mol. The molecule has 2 rings (SSSR count). The summed E-state index contributed by atoms with van der Waals surface area (Å²) in [4.78, 5) is 12.6. The molecule has 0 bridgehead atoms. The lowest BCUT2D eigenvalue weighted by Crippen LogP contribution is -2.47. The molecule has 0 saturated carbocycles. The molecule has 1 heterocycles. The fraction of sp³-hybridized carbons (Fsp3) is 0.562. The van der Waals surface area contributed by atoms with Gasteiger partial charge in [0.1, 0.15) is 5.75 Å². The van der Waals surface area contributed by atoms with Gasteiger partial charge in [-0.15, -0.1) is 0 Å². The average molecular weight is 311 g/mol. The van der Waals surface area contributed by atoms with Crippen molar-refractivity contribution >= 4 is 17.5 Å². The van der Waals surface area contributed by atoms with Crippen LogP contribution in [-0.4, -0.2) is 26.1 Å². The Hall–Kier alpha value is -1.26. The van der Waals surface area contributed by atoms with Crippen LogP contribution in [0.4, 0.5) is 0 Å². The molecule has 4 nitrogen and oxygen atoms in total. The number of carbonyl (C=O) groups excluding carboxylic acids is 1. The van der Waals surface area contributed by atoms with Crippen molar-refractivity contribution in [2.24, 2.45) is 5.41 Å². The zero-order chi connectivity index (χ0) is 15.3. The smallest absolute Gasteiger partial charge is 0.226 e. The molecule has 1 saturated heterocycles. The van der Waals surface area contributed by atoms with Crippen LogP contribution in [0.3, 0.4) is 0 Å². The summed E-state index contributed by atoms with van der Waals surface area (Å²) in [6.45, 7) is 4.28. The van der Waals surface area contributed by atoms with Crippen LogP contribution in [-0.2, 0) is 11.3 Å². The highest BCUT2D eigenvalue weighted by Gasteiger charge is 2.37. The molecular formula is C16H23ClN2O2. The summed E-state index contributed by atoms with van der Waals surface area (Å²) in [6, 6.07) is 5.51. The van der Waals surface area contributed by atoms with E-state index in [1.165, 1.54) is 0 Å². The Labute approximate surface area is 131 Å². The third kappa shape index (κ3) is 3.50. The minimum Gasteiger partial charge on any atom is -0.496 e. The lowest BCUT2D eigenvalue weighted by molar-refractivity contribution is -0.133. The summed E-state index contributed by atoms with van der Waals surface area (Å²) >= 11 is 6.20. The van der Waals surface area contributed by atoms with Gasteiger partial charge >= 0.3 is 0 Å². The van der Waals surface area contributed by atoms with Gasteiger partial charge in [0.2, 0.25) is 5.91 Å². The number of piperidine rings is 1. The molecule has 1 aliphatic rings. The highest BCUT2D eigenvalue weighted by Crippen LogP contribution is 2.33. The third-order valence-corrected chi connectivity index (χ3v) is 4.79. The number of hydrogen-bond donors (Lipinski definition) is 2. The van der Waals surface area contributed by atoms with Crippen LogP contribution in [0.25, 0.3) is 0 Å². The van der Waals surface area contributed by atoms with E-state index < -0.39 is 0 Å². The van der Waals surface area contributed by atoms with E-state index in [1.54, 1.807) is 7.11 Å². The van der Waals surface area contributed by atoms with Crippen molar-refractivity contribution in [3.63, 3.8) is 0 Å². The van der Waals surface area contributed by atoms with Crippen LogP contribution in [0, 0.1) is 5.41 Å². The van der Waals surface area contributed by atoms with Crippen molar-refractivity contribution in [1.82, 2.24) is 10.6 Å². The molecule has 0 radical (unpaired) electrons. The molecule has 0 aliphatic carbocycles. The van der Waals surface area contributed by atoms with E-state index in [0.29, 0.717) is 17.3 Å². The predicted octanol–water partition coefficient (Wildman–Crippen LogP) is 2.74. The maximum Gasteiger partial charge on any atom is 0.226 e. The van der Waals surface area contributed by atoms with Crippen molar-refractivity contribution in [3.8, 4) is 5.75 Å². The molecule has 0 atom stereocenters. The molecule has 1 aromatic rings. The van der Waals surface area contributed by atoms with Gasteiger partial charge in [0.25, 0.3) is 0 Å². The second-order valence-electron chi connectivity index (χ2n) is 5.49. The van der Waals surface area contributed by atoms with Crippen molar-refractivity contribution in [2.75, 3.05) is 20.2 Å². The molecule has 0 spiro atoms. The number of carbonyl (C=O) groups is 1. The molecule has 21 heavy (non-hydrogen) atoms. The first kappa shape index (κ1) is 16.1. The first-order valence-corrected chi connectivity index (χ1v) is 7.81. The van der Waals surface area contributed by atoms with E-state index >= 15 is 0 Å². The number of rotatable bonds is 5. The molecule has 5 heteroatoms. The largest absolute Gasteiger partial charge is 0.496 e. The summed E-state index contributed by atoms with van der Waals surface area (Å²) < 4.78 is 5.31. The number of amides is 1. The summed E-state index contributed by atoms with van der Waals surface area (Å²) in [6.07, 6.45) is 2.63. The molecule has 1 aliphatic heterocycles. The van der Waals surface area contributed by atoms with Gasteiger partial charge in [0.05, 0.1) is 12.5 Å². The number of halogens is 1. The van der Waals surface area contributed by atoms with Crippen LogP contribution in [0.5, 0.6) is 5.75 Å². The second kappa shape index (κ2) is 7.14. The summed E-state index contributed by atoms with van der Waals surface area (Å²) in [5.41, 5.74) is 0.579. The highest BCUT2D eigenvalue weighted by molar-refractivity contribution is 6.31. The molecule has 116 valence electrons. The van der Waals surface area contributed by atoms with E-state index in [2.05, 4.69) is 17.6 Å². The van der Waals surface area contributed by atoms with Crippen LogP contribution in [0.2, 0.25) is 5.02 Å². The number of methoxy groups -OCH3 is 1. The summed E-state index contributed by atoms with van der Waals surface area (Å²) in [5, 5.41) is 6.97. The first-order chi connectivity index (χ1) is 10.1. The minimum atomic E-state index is -0.250. The van der Waals surface area contributed by atoms with Gasteiger partial charge in [0, 0.05) is 17.1 Å². The Morgan fingerprint density at radius 2 is 2.14 bits per heavy atom. The molecule has 0 aromatic heterocycles. The average Bonchev–Trinajstić information content (AvgIpc) is 2.53. The fourth-order valence-corrected chi connectivity index (χ4v) is 3.14. The fourth-order valence-electron chi connectivity index (χ4n) is 2.90. The van der Waals surface area contributed by atoms with E-state index in [9.17, 15) is 4.79 Å². The van der Waals surface area contributed by atoms with E-state index in [0.717, 1.165) is 37.9 Å². The van der Waals surface area contributed by atoms with Gasteiger partial charge in [-0.1, -0.05) is 24.6 Å². The Kier molecular flexibility index (Phi) is 5.48. The Morgan fingerprint density at radius 1 is 1.43 bits per heavy atom. The quantitative estimate of drug-likeness (QED) is 0.879. The second-order valence-corrected chi connectivity index (χ2v) is 5.89. The Morgan fingerprint density at radius 3 is 2.76 bits per heavy atom. The van der Waals surface area contributed by atoms with Gasteiger partial charge in [0.15, 0.2) is 0 Å². The Balaban J connectivity index is 2.07. The molecular weight excluding hydrogens is 288 g/mol. The van der Waals surface area contributed by atoms with E-state index in [-0.39, 0.29) is 11.3 Å². The lowest BCUT2D eigenvalue weighted by Gasteiger charge is -2.35. The molecule has 1 aromatic carbocycles. The van der Waals surface area contributed by atoms with Gasteiger partial charge in [-0.05, 0) is 44.5 Å². The standard InChI is InChI=1S/C16H23ClN2O2/c1-3-16(7-9-18-10-8-16)15(20)19-11-12-13(17)5-4-6-14(12)21-2/h4-6,18H,3,7-11H2,1-2H3,(H,19,20). The SMILES string of the molecule is CCC1(C(=O)NCc2c(Cl)cccc2OC)CCNCC1. The minimum absolute atomic E-state index is 0.119. The van der Waals surface area contributed by atoms with Crippen LogP contribution in [0.1, 0.15) is 31.7 Å². The van der Waals surface area contributed by atoms with Crippen molar-refractivity contribution < 1.29 is 9.53 Å². The normalized spacial score (nSPS) is 17.3. The molecule has 2 N–H and O–H groups in total. The predicted molar refractivity (Wildman–Crippen MR) is 84.7 cm³/mol. The van der Waals surface area contributed by atoms with E-state index in [1.807, 2.05) is 18.2 Å². The highest BCUT2D eigenvalue weighted by atomic mass is 35.5. The van der Waals surface area contributed by atoms with Gasteiger partial charge in [-0.25, -0.2) is 0 Å². The summed E-state index contributed by atoms with van der Waals surface area (Å²) in [7, 11) is 1.61. The number of hydrogen-bond acceptors (Lipinski definition) is 3. The number of ether oxygens (including phenoxy) is 1. The van der Waals surface area contributed by atoms with Crippen LogP contribution < -0.4 is 15.4 Å². The third-order valence-electron chi connectivity index (χ3n) is 4.44. The zero-order valence-electron chi connectivity index (χ0n) is 12.7. The van der Waals surface area contributed by atoms with Gasteiger partial charge in [-0.3, -0.25) is 4.79 Å². The van der Waals surface area contributed by atoms with Crippen LogP contribution in [0.15, 0.2) is 18.2 Å². The number of benzene rings is 1. The zero-order valence-corrected chi connectivity index (χ0v) is 13.4. The molecule has 0 unspecified atom stereocenters. The van der Waals surface area contributed by atoms with Crippen molar-refractivity contribution in [2.45, 2.75) is 32.7 Å². The first-order valence-electron chi connectivity index (χ1n) is 7.43. The van der Waals surface area contributed by atoms with Crippen LogP contribution >= 0.6 is 11.6 Å². The summed E-state index contributed by atoms with van der Waals surface area (Å²) in [5.74, 6) is 0.826. The Bertz CT molecular complexity index is 499.